The summed E-state index contributed by atoms with van der Waals surface area (Å²) < 4.78 is 5.43. The zero-order valence-corrected chi connectivity index (χ0v) is 9.79. The van der Waals surface area contributed by atoms with Gasteiger partial charge in [0.15, 0.2) is 0 Å². The average molecular weight is 266 g/mol. The van der Waals surface area contributed by atoms with Crippen molar-refractivity contribution in [1.82, 2.24) is 4.98 Å². The maximum atomic E-state index is 10.5. The Hall–Kier alpha value is -2.34. The lowest BCUT2D eigenvalue weighted by Gasteiger charge is -2.06. The van der Waals surface area contributed by atoms with Gasteiger partial charge in [-0.2, -0.15) is 0 Å². The summed E-state index contributed by atoms with van der Waals surface area (Å²) >= 11 is 5.88. The van der Waals surface area contributed by atoms with E-state index in [0.29, 0.717) is 17.3 Å². The van der Waals surface area contributed by atoms with Gasteiger partial charge in [0.05, 0.1) is 16.1 Å². The Balaban J connectivity index is 2.24. The molecule has 0 saturated carbocycles. The molecule has 6 nitrogen and oxygen atoms in total. The smallest absolute Gasteiger partial charge is 0.271 e. The summed E-state index contributed by atoms with van der Waals surface area (Å²) in [6.45, 7) is 0. The highest BCUT2D eigenvalue weighted by Crippen LogP contribution is 2.32. The van der Waals surface area contributed by atoms with Crippen molar-refractivity contribution in [2.24, 2.45) is 0 Å². The second-order valence-corrected chi connectivity index (χ2v) is 3.80. The zero-order valence-electron chi connectivity index (χ0n) is 9.04. The fourth-order valence-corrected chi connectivity index (χ4v) is 1.48. The fraction of sp³-hybridized carbons (Fsp3) is 0. The molecular weight excluding hydrogens is 258 g/mol. The molecule has 0 spiro atoms. The van der Waals surface area contributed by atoms with Crippen LogP contribution in [0.1, 0.15) is 0 Å². The van der Waals surface area contributed by atoms with Gasteiger partial charge in [0, 0.05) is 12.1 Å². The molecule has 2 aromatic rings. The molecule has 1 aromatic carbocycles. The minimum atomic E-state index is -0.527. The number of nitrogen functional groups attached to an aromatic ring is 1. The molecule has 0 amide bonds. The molecule has 1 heterocycles. The maximum absolute atomic E-state index is 10.5. The van der Waals surface area contributed by atoms with Crippen LogP contribution in [-0.2, 0) is 0 Å². The minimum Gasteiger partial charge on any atom is -0.454 e. The highest BCUT2D eigenvalue weighted by Gasteiger charge is 2.10. The van der Waals surface area contributed by atoms with Crippen molar-refractivity contribution in [3.05, 3.63) is 51.7 Å². The number of halogens is 1. The predicted octanol–water partition coefficient (Wildman–Crippen LogP) is 3.02. The highest BCUT2D eigenvalue weighted by atomic mass is 35.5. The van der Waals surface area contributed by atoms with Crippen LogP contribution in [0.3, 0.4) is 0 Å². The van der Waals surface area contributed by atoms with Crippen molar-refractivity contribution >= 4 is 23.1 Å². The summed E-state index contributed by atoms with van der Waals surface area (Å²) in [5.74, 6) is 1.13. The first kappa shape index (κ1) is 12.1. The number of nitro benzene ring substituents is 1. The third kappa shape index (κ3) is 2.67. The SMILES string of the molecule is Nc1ccc(Oc2ccc([N+](=O)[O-])cc2Cl)cn1. The van der Waals surface area contributed by atoms with Crippen LogP contribution in [-0.4, -0.2) is 9.91 Å². The second kappa shape index (κ2) is 4.89. The van der Waals surface area contributed by atoms with E-state index in [4.69, 9.17) is 22.1 Å². The third-order valence-corrected chi connectivity index (χ3v) is 2.41. The molecule has 0 radical (unpaired) electrons. The summed E-state index contributed by atoms with van der Waals surface area (Å²) in [7, 11) is 0. The van der Waals surface area contributed by atoms with E-state index in [-0.39, 0.29) is 10.7 Å². The van der Waals surface area contributed by atoms with Gasteiger partial charge >= 0.3 is 0 Å². The lowest BCUT2D eigenvalue weighted by molar-refractivity contribution is -0.384. The Bertz CT molecular complexity index is 587. The van der Waals surface area contributed by atoms with E-state index in [9.17, 15) is 10.1 Å². The number of nitrogens with zero attached hydrogens (tertiary/aromatic N) is 2. The van der Waals surface area contributed by atoms with Gasteiger partial charge in [-0.25, -0.2) is 4.98 Å². The molecule has 0 aliphatic rings. The van der Waals surface area contributed by atoms with Crippen LogP contribution in [0, 0.1) is 10.1 Å². The van der Waals surface area contributed by atoms with Crippen molar-refractivity contribution in [3.63, 3.8) is 0 Å². The summed E-state index contributed by atoms with van der Waals surface area (Å²) in [5, 5.41) is 10.7. The van der Waals surface area contributed by atoms with Gasteiger partial charge in [-0.15, -0.1) is 0 Å². The number of nitrogens with two attached hydrogens (primary N) is 1. The van der Waals surface area contributed by atoms with Crippen molar-refractivity contribution in [2.75, 3.05) is 5.73 Å². The van der Waals surface area contributed by atoms with Crippen LogP contribution in [0.4, 0.5) is 11.5 Å². The molecule has 0 atom stereocenters. The number of non-ortho nitro benzene ring substituents is 1. The van der Waals surface area contributed by atoms with Crippen molar-refractivity contribution in [1.29, 1.82) is 0 Å². The molecule has 7 heteroatoms. The van der Waals surface area contributed by atoms with Crippen LogP contribution < -0.4 is 10.5 Å². The van der Waals surface area contributed by atoms with Crippen molar-refractivity contribution in [2.45, 2.75) is 0 Å². The normalized spacial score (nSPS) is 10.1. The molecule has 0 bridgehead atoms. The molecule has 0 saturated heterocycles. The van der Waals surface area contributed by atoms with Crippen LogP contribution in [0.15, 0.2) is 36.5 Å². The summed E-state index contributed by atoms with van der Waals surface area (Å²) in [6, 6.07) is 7.17. The van der Waals surface area contributed by atoms with Gasteiger partial charge in [-0.1, -0.05) is 11.6 Å². The first-order chi connectivity index (χ1) is 8.56. The van der Waals surface area contributed by atoms with Crippen LogP contribution >= 0.6 is 11.6 Å². The van der Waals surface area contributed by atoms with Gasteiger partial charge in [0.25, 0.3) is 5.69 Å². The molecule has 0 unspecified atom stereocenters. The first-order valence-corrected chi connectivity index (χ1v) is 5.27. The Kier molecular flexibility index (Phi) is 3.29. The summed E-state index contributed by atoms with van der Waals surface area (Å²) in [6.07, 6.45) is 1.44. The van der Waals surface area contributed by atoms with Crippen molar-refractivity contribution in [3.8, 4) is 11.5 Å². The molecular formula is C11H8ClN3O3. The predicted molar refractivity (Wildman–Crippen MR) is 66.8 cm³/mol. The van der Waals surface area contributed by atoms with Crippen LogP contribution in [0.5, 0.6) is 11.5 Å². The number of nitro groups is 1. The van der Waals surface area contributed by atoms with E-state index in [2.05, 4.69) is 4.98 Å². The topological polar surface area (TPSA) is 91.3 Å². The van der Waals surface area contributed by atoms with E-state index in [1.165, 1.54) is 24.4 Å². The molecule has 2 N–H and O–H groups in total. The standard InChI is InChI=1S/C11H8ClN3O3/c12-9-5-7(15(16)17)1-3-10(9)18-8-2-4-11(13)14-6-8/h1-6H,(H2,13,14). The Morgan fingerprint density at radius 3 is 2.67 bits per heavy atom. The minimum absolute atomic E-state index is 0.0946. The number of hydrogen-bond donors (Lipinski definition) is 1. The number of pyridine rings is 1. The van der Waals surface area contributed by atoms with E-state index in [1.54, 1.807) is 12.1 Å². The average Bonchev–Trinajstić information content (AvgIpc) is 2.34. The molecule has 0 fully saturated rings. The van der Waals surface area contributed by atoms with E-state index >= 15 is 0 Å². The molecule has 0 aliphatic carbocycles. The van der Waals surface area contributed by atoms with Crippen molar-refractivity contribution < 1.29 is 9.66 Å². The molecule has 18 heavy (non-hydrogen) atoms. The summed E-state index contributed by atoms with van der Waals surface area (Å²) in [4.78, 5) is 13.9. The number of ether oxygens (including phenoxy) is 1. The van der Waals surface area contributed by atoms with E-state index in [1.807, 2.05) is 0 Å². The molecule has 1 aromatic heterocycles. The Morgan fingerprint density at radius 2 is 2.11 bits per heavy atom. The van der Waals surface area contributed by atoms with Gasteiger partial charge < -0.3 is 10.5 Å². The Morgan fingerprint density at radius 1 is 1.33 bits per heavy atom. The monoisotopic (exact) mass is 265 g/mol. The third-order valence-electron chi connectivity index (χ3n) is 2.11. The Labute approximate surface area is 107 Å². The highest BCUT2D eigenvalue weighted by molar-refractivity contribution is 6.32. The number of rotatable bonds is 3. The van der Waals surface area contributed by atoms with Gasteiger partial charge in [0.1, 0.15) is 17.3 Å². The first-order valence-electron chi connectivity index (χ1n) is 4.89. The second-order valence-electron chi connectivity index (χ2n) is 3.39. The number of hydrogen-bond acceptors (Lipinski definition) is 5. The van der Waals surface area contributed by atoms with Gasteiger partial charge in [-0.05, 0) is 18.2 Å². The lowest BCUT2D eigenvalue weighted by Crippen LogP contribution is -1.92. The molecule has 2 rings (SSSR count). The molecule has 92 valence electrons. The zero-order chi connectivity index (χ0) is 13.1. The molecule has 0 aliphatic heterocycles. The van der Waals surface area contributed by atoms with E-state index in [0.717, 1.165) is 0 Å². The fourth-order valence-electron chi connectivity index (χ4n) is 1.27. The number of benzene rings is 1. The largest absolute Gasteiger partial charge is 0.454 e. The maximum Gasteiger partial charge on any atom is 0.271 e. The number of anilines is 1. The quantitative estimate of drug-likeness (QED) is 0.680. The van der Waals surface area contributed by atoms with Crippen LogP contribution in [0.25, 0.3) is 0 Å². The number of aromatic nitrogens is 1. The van der Waals surface area contributed by atoms with Crippen LogP contribution in [0.2, 0.25) is 5.02 Å². The van der Waals surface area contributed by atoms with E-state index < -0.39 is 4.92 Å². The summed E-state index contributed by atoms with van der Waals surface area (Å²) in [5.41, 5.74) is 5.34. The lowest BCUT2D eigenvalue weighted by atomic mass is 10.3. The van der Waals surface area contributed by atoms with Gasteiger partial charge in [-0.3, -0.25) is 10.1 Å². The van der Waals surface area contributed by atoms with Gasteiger partial charge in [0.2, 0.25) is 0 Å².